The molecule has 20 heavy (non-hydrogen) atoms. The highest BCUT2D eigenvalue weighted by atomic mass is 19.1. The third-order valence-corrected chi connectivity index (χ3v) is 3.45. The standard InChI is InChI=1S/C16H16FN3/c1-12(13-5-4-6-15(17)9-13)18-10-14-11-19-20-8-3-2-7-16(14)20/h2-9,11-12,18H,10H2,1H3/t12-/m0/s1. The predicted molar refractivity (Wildman–Crippen MR) is 76.8 cm³/mol. The van der Waals surface area contributed by atoms with Gasteiger partial charge in [-0.1, -0.05) is 18.2 Å². The molecule has 2 heterocycles. The minimum Gasteiger partial charge on any atom is -0.306 e. The molecule has 3 nitrogen and oxygen atoms in total. The van der Waals surface area contributed by atoms with Crippen LogP contribution in [0.2, 0.25) is 0 Å². The zero-order valence-corrected chi connectivity index (χ0v) is 11.3. The fourth-order valence-corrected chi connectivity index (χ4v) is 2.28. The van der Waals surface area contributed by atoms with Gasteiger partial charge in [0, 0.05) is 24.3 Å². The fourth-order valence-electron chi connectivity index (χ4n) is 2.28. The van der Waals surface area contributed by atoms with E-state index in [4.69, 9.17) is 0 Å². The summed E-state index contributed by atoms with van der Waals surface area (Å²) in [6.45, 7) is 2.73. The molecule has 0 aliphatic rings. The molecule has 0 bridgehead atoms. The van der Waals surface area contributed by atoms with Gasteiger partial charge in [-0.2, -0.15) is 5.10 Å². The first-order valence-corrected chi connectivity index (χ1v) is 6.64. The lowest BCUT2D eigenvalue weighted by Crippen LogP contribution is -2.18. The van der Waals surface area contributed by atoms with Crippen molar-refractivity contribution in [2.75, 3.05) is 0 Å². The number of hydrogen-bond donors (Lipinski definition) is 1. The smallest absolute Gasteiger partial charge is 0.123 e. The maximum Gasteiger partial charge on any atom is 0.123 e. The Morgan fingerprint density at radius 3 is 3.00 bits per heavy atom. The number of nitrogens with zero attached hydrogens (tertiary/aromatic N) is 2. The van der Waals surface area contributed by atoms with E-state index >= 15 is 0 Å². The summed E-state index contributed by atoms with van der Waals surface area (Å²) in [6.07, 6.45) is 3.79. The molecule has 4 heteroatoms. The molecule has 0 amide bonds. The van der Waals surface area contributed by atoms with Crippen molar-refractivity contribution in [2.45, 2.75) is 19.5 Å². The molecule has 3 aromatic rings. The second-order valence-electron chi connectivity index (χ2n) is 4.86. The van der Waals surface area contributed by atoms with Gasteiger partial charge in [0.2, 0.25) is 0 Å². The van der Waals surface area contributed by atoms with E-state index < -0.39 is 0 Å². The van der Waals surface area contributed by atoms with Gasteiger partial charge in [0.05, 0.1) is 11.7 Å². The van der Waals surface area contributed by atoms with Gasteiger partial charge in [-0.3, -0.25) is 0 Å². The van der Waals surface area contributed by atoms with Gasteiger partial charge in [0.1, 0.15) is 5.82 Å². The van der Waals surface area contributed by atoms with E-state index in [9.17, 15) is 4.39 Å². The Kier molecular flexibility index (Phi) is 3.48. The average molecular weight is 269 g/mol. The van der Waals surface area contributed by atoms with Crippen LogP contribution in [0.15, 0.2) is 54.9 Å². The fraction of sp³-hybridized carbons (Fsp3) is 0.188. The second-order valence-corrected chi connectivity index (χ2v) is 4.86. The highest BCUT2D eigenvalue weighted by Crippen LogP contribution is 2.16. The predicted octanol–water partition coefficient (Wildman–Crippen LogP) is 3.32. The summed E-state index contributed by atoms with van der Waals surface area (Å²) in [5, 5.41) is 7.70. The van der Waals surface area contributed by atoms with E-state index in [2.05, 4.69) is 10.4 Å². The van der Waals surface area contributed by atoms with E-state index in [0.29, 0.717) is 6.54 Å². The minimum atomic E-state index is -0.202. The van der Waals surface area contributed by atoms with Crippen LogP contribution in [0.4, 0.5) is 4.39 Å². The number of nitrogens with one attached hydrogen (secondary N) is 1. The third kappa shape index (κ3) is 2.56. The van der Waals surface area contributed by atoms with Crippen LogP contribution >= 0.6 is 0 Å². The first kappa shape index (κ1) is 12.8. The van der Waals surface area contributed by atoms with Crippen molar-refractivity contribution in [2.24, 2.45) is 0 Å². The molecule has 1 N–H and O–H groups in total. The molecule has 0 fully saturated rings. The van der Waals surface area contributed by atoms with Crippen molar-refractivity contribution in [3.63, 3.8) is 0 Å². The normalized spacial score (nSPS) is 12.7. The highest BCUT2D eigenvalue weighted by molar-refractivity contribution is 5.53. The molecule has 0 spiro atoms. The number of benzene rings is 1. The van der Waals surface area contributed by atoms with Crippen molar-refractivity contribution in [1.82, 2.24) is 14.9 Å². The number of pyridine rings is 1. The van der Waals surface area contributed by atoms with Crippen LogP contribution < -0.4 is 5.32 Å². The van der Waals surface area contributed by atoms with Crippen LogP contribution in [0.1, 0.15) is 24.1 Å². The number of halogens is 1. The molecule has 0 saturated carbocycles. The maximum absolute atomic E-state index is 13.2. The molecule has 1 atom stereocenters. The lowest BCUT2D eigenvalue weighted by Gasteiger charge is -2.13. The summed E-state index contributed by atoms with van der Waals surface area (Å²) in [5.74, 6) is -0.202. The topological polar surface area (TPSA) is 29.3 Å². The van der Waals surface area contributed by atoms with Crippen LogP contribution in [0, 0.1) is 5.82 Å². The number of hydrogen-bond acceptors (Lipinski definition) is 2. The van der Waals surface area contributed by atoms with Gasteiger partial charge in [0.15, 0.2) is 0 Å². The molecule has 0 unspecified atom stereocenters. The molecule has 0 aliphatic carbocycles. The molecule has 0 saturated heterocycles. The van der Waals surface area contributed by atoms with Gasteiger partial charge in [-0.25, -0.2) is 8.91 Å². The first-order valence-electron chi connectivity index (χ1n) is 6.64. The Morgan fingerprint density at radius 2 is 2.15 bits per heavy atom. The number of aromatic nitrogens is 2. The van der Waals surface area contributed by atoms with E-state index in [-0.39, 0.29) is 11.9 Å². The summed E-state index contributed by atoms with van der Waals surface area (Å²) in [5.41, 5.74) is 3.17. The van der Waals surface area contributed by atoms with E-state index in [1.807, 2.05) is 48.1 Å². The molecule has 0 aliphatic heterocycles. The summed E-state index contributed by atoms with van der Waals surface area (Å²) in [7, 11) is 0. The molecule has 0 radical (unpaired) electrons. The minimum absolute atomic E-state index is 0.0874. The average Bonchev–Trinajstić information content (AvgIpc) is 2.88. The van der Waals surface area contributed by atoms with E-state index in [0.717, 1.165) is 16.6 Å². The quantitative estimate of drug-likeness (QED) is 0.787. The molecule has 3 rings (SSSR count). The second kappa shape index (κ2) is 5.43. The lowest BCUT2D eigenvalue weighted by atomic mass is 10.1. The zero-order valence-electron chi connectivity index (χ0n) is 11.3. The highest BCUT2D eigenvalue weighted by Gasteiger charge is 2.08. The van der Waals surface area contributed by atoms with Gasteiger partial charge in [-0.05, 0) is 36.8 Å². The summed E-state index contributed by atoms with van der Waals surface area (Å²) < 4.78 is 15.1. The summed E-state index contributed by atoms with van der Waals surface area (Å²) in [6, 6.07) is 12.8. The SMILES string of the molecule is C[C@H](NCc1cnn2ccccc12)c1cccc(F)c1. The van der Waals surface area contributed by atoms with Crippen molar-refractivity contribution in [3.05, 3.63) is 71.8 Å². The Hall–Kier alpha value is -2.20. The van der Waals surface area contributed by atoms with Gasteiger partial charge in [0.25, 0.3) is 0 Å². The third-order valence-electron chi connectivity index (χ3n) is 3.45. The van der Waals surface area contributed by atoms with Gasteiger partial charge >= 0.3 is 0 Å². The van der Waals surface area contributed by atoms with Crippen molar-refractivity contribution < 1.29 is 4.39 Å². The van der Waals surface area contributed by atoms with Crippen molar-refractivity contribution in [3.8, 4) is 0 Å². The Balaban J connectivity index is 1.73. The Labute approximate surface area is 117 Å². The largest absolute Gasteiger partial charge is 0.306 e. The van der Waals surface area contributed by atoms with E-state index in [1.165, 1.54) is 6.07 Å². The zero-order chi connectivity index (χ0) is 13.9. The summed E-state index contributed by atoms with van der Waals surface area (Å²) in [4.78, 5) is 0. The van der Waals surface area contributed by atoms with Crippen molar-refractivity contribution >= 4 is 5.52 Å². The number of fused-ring (bicyclic) bond motifs is 1. The summed E-state index contributed by atoms with van der Waals surface area (Å²) >= 11 is 0. The molecule has 102 valence electrons. The molecular weight excluding hydrogens is 253 g/mol. The maximum atomic E-state index is 13.2. The molecular formula is C16H16FN3. The van der Waals surface area contributed by atoms with Crippen LogP contribution in [-0.2, 0) is 6.54 Å². The molecule has 2 aromatic heterocycles. The monoisotopic (exact) mass is 269 g/mol. The van der Waals surface area contributed by atoms with Crippen LogP contribution in [-0.4, -0.2) is 9.61 Å². The number of rotatable bonds is 4. The van der Waals surface area contributed by atoms with E-state index in [1.54, 1.807) is 12.1 Å². The van der Waals surface area contributed by atoms with Gasteiger partial charge < -0.3 is 5.32 Å². The van der Waals surface area contributed by atoms with Crippen molar-refractivity contribution in [1.29, 1.82) is 0 Å². The Morgan fingerprint density at radius 1 is 1.25 bits per heavy atom. The van der Waals surface area contributed by atoms with Crippen LogP contribution in [0.3, 0.4) is 0 Å². The van der Waals surface area contributed by atoms with Crippen LogP contribution in [0.5, 0.6) is 0 Å². The Bertz CT molecular complexity index is 720. The van der Waals surface area contributed by atoms with Gasteiger partial charge in [-0.15, -0.1) is 0 Å². The lowest BCUT2D eigenvalue weighted by molar-refractivity contribution is 0.566. The molecule has 1 aromatic carbocycles. The van der Waals surface area contributed by atoms with Crippen LogP contribution in [0.25, 0.3) is 5.52 Å². The first-order chi connectivity index (χ1) is 9.74.